The molecule has 9 heteroatoms. The minimum absolute atomic E-state index is 0.122. The van der Waals surface area contributed by atoms with Crippen LogP contribution in [0, 0.1) is 5.92 Å². The van der Waals surface area contributed by atoms with Crippen molar-refractivity contribution in [3.05, 3.63) is 29.8 Å². The minimum atomic E-state index is -4.72. The van der Waals surface area contributed by atoms with E-state index in [-0.39, 0.29) is 36.7 Å². The molecule has 0 saturated carbocycles. The van der Waals surface area contributed by atoms with Crippen LogP contribution in [-0.2, 0) is 16.1 Å². The molecule has 0 spiro atoms. The Balaban J connectivity index is 2.48. The molecule has 0 radical (unpaired) electrons. The number of nitrogens with one attached hydrogen (secondary N) is 1. The van der Waals surface area contributed by atoms with Crippen molar-refractivity contribution in [1.29, 1.82) is 0 Å². The third kappa shape index (κ3) is 7.39. The molecule has 0 aliphatic heterocycles. The largest absolute Gasteiger partial charge is 0.573 e. The summed E-state index contributed by atoms with van der Waals surface area (Å²) in [5, 5.41) is 2.76. The van der Waals surface area contributed by atoms with Gasteiger partial charge in [0.2, 0.25) is 0 Å². The van der Waals surface area contributed by atoms with Crippen LogP contribution in [0.5, 0.6) is 5.75 Å². The molecule has 1 rings (SSSR count). The van der Waals surface area contributed by atoms with Crippen molar-refractivity contribution in [2.45, 2.75) is 19.8 Å². The molecule has 6 nitrogen and oxygen atoms in total. The Morgan fingerprint density at radius 3 is 2.48 bits per heavy atom. The van der Waals surface area contributed by atoms with E-state index < -0.39 is 6.36 Å². The SMILES string of the molecule is COC(=O)C(C)CNC(N)=NCc1ccc(OC(F)(F)F)cc1. The summed E-state index contributed by atoms with van der Waals surface area (Å²) in [4.78, 5) is 15.2. The fourth-order valence-electron chi connectivity index (χ4n) is 1.57. The smallest absolute Gasteiger partial charge is 0.469 e. The van der Waals surface area contributed by atoms with Crippen molar-refractivity contribution in [3.8, 4) is 5.75 Å². The molecule has 0 bridgehead atoms. The average molecular weight is 333 g/mol. The van der Waals surface area contributed by atoms with Crippen molar-refractivity contribution >= 4 is 11.9 Å². The van der Waals surface area contributed by atoms with Gasteiger partial charge in [-0.05, 0) is 17.7 Å². The van der Waals surface area contributed by atoms with E-state index in [4.69, 9.17) is 5.73 Å². The number of nitrogens with zero attached hydrogens (tertiary/aromatic N) is 1. The standard InChI is InChI=1S/C14H18F3N3O3/c1-9(12(21)22-2)7-19-13(18)20-8-10-3-5-11(6-4-10)23-14(15,16)17/h3-6,9H,7-8H2,1-2H3,(H3,18,19,20). The number of methoxy groups -OCH3 is 1. The maximum Gasteiger partial charge on any atom is 0.573 e. The van der Waals surface area contributed by atoms with E-state index in [1.807, 2.05) is 0 Å². The quantitative estimate of drug-likeness (QED) is 0.471. The van der Waals surface area contributed by atoms with Gasteiger partial charge in [-0.1, -0.05) is 19.1 Å². The number of carbonyl (C=O) groups excluding carboxylic acids is 1. The number of halogens is 3. The molecule has 0 aromatic heterocycles. The van der Waals surface area contributed by atoms with Crippen molar-refractivity contribution in [2.75, 3.05) is 13.7 Å². The normalized spacial score (nSPS) is 13.3. The zero-order chi connectivity index (χ0) is 17.5. The highest BCUT2D eigenvalue weighted by Crippen LogP contribution is 2.22. The maximum atomic E-state index is 12.0. The average Bonchev–Trinajstić information content (AvgIpc) is 2.49. The lowest BCUT2D eigenvalue weighted by Gasteiger charge is -2.11. The first-order chi connectivity index (χ1) is 10.7. The number of nitrogens with two attached hydrogens (primary N) is 1. The summed E-state index contributed by atoms with van der Waals surface area (Å²) >= 11 is 0. The predicted octanol–water partition coefficient (Wildman–Crippen LogP) is 1.80. The minimum Gasteiger partial charge on any atom is -0.469 e. The van der Waals surface area contributed by atoms with Gasteiger partial charge in [0.05, 0.1) is 19.6 Å². The van der Waals surface area contributed by atoms with Gasteiger partial charge in [-0.3, -0.25) is 4.79 Å². The van der Waals surface area contributed by atoms with Crippen molar-refractivity contribution in [1.82, 2.24) is 5.32 Å². The molecule has 0 aliphatic carbocycles. The van der Waals surface area contributed by atoms with Gasteiger partial charge < -0.3 is 20.5 Å². The van der Waals surface area contributed by atoms with Gasteiger partial charge in [-0.25, -0.2) is 4.99 Å². The summed E-state index contributed by atoms with van der Waals surface area (Å²) in [6, 6.07) is 5.30. The van der Waals surface area contributed by atoms with E-state index in [0.29, 0.717) is 5.56 Å². The second-order valence-corrected chi connectivity index (χ2v) is 4.70. The Morgan fingerprint density at radius 2 is 1.96 bits per heavy atom. The second kappa shape index (κ2) is 8.25. The number of benzene rings is 1. The Kier molecular flexibility index (Phi) is 6.67. The van der Waals surface area contributed by atoms with E-state index in [9.17, 15) is 18.0 Å². The van der Waals surface area contributed by atoms with Crippen LogP contribution < -0.4 is 15.8 Å². The Hall–Kier alpha value is -2.45. The van der Waals surface area contributed by atoms with Crippen LogP contribution in [0.25, 0.3) is 0 Å². The molecule has 1 aromatic carbocycles. The predicted molar refractivity (Wildman–Crippen MR) is 77.6 cm³/mol. The number of esters is 1. The van der Waals surface area contributed by atoms with E-state index in [2.05, 4.69) is 19.8 Å². The molecular formula is C14H18F3N3O3. The third-order valence-electron chi connectivity index (χ3n) is 2.78. The lowest BCUT2D eigenvalue weighted by atomic mass is 10.2. The third-order valence-corrected chi connectivity index (χ3v) is 2.78. The highest BCUT2D eigenvalue weighted by atomic mass is 19.4. The summed E-state index contributed by atoms with van der Waals surface area (Å²) < 4.78 is 44.4. The van der Waals surface area contributed by atoms with Crippen LogP contribution >= 0.6 is 0 Å². The van der Waals surface area contributed by atoms with Crippen molar-refractivity contribution in [2.24, 2.45) is 16.6 Å². The molecule has 1 unspecified atom stereocenters. The van der Waals surface area contributed by atoms with Gasteiger partial charge in [-0.2, -0.15) is 0 Å². The summed E-state index contributed by atoms with van der Waals surface area (Å²) in [6.45, 7) is 2.11. The molecule has 0 aliphatic rings. The molecular weight excluding hydrogens is 315 g/mol. The van der Waals surface area contributed by atoms with Crippen LogP contribution in [0.3, 0.4) is 0 Å². The van der Waals surface area contributed by atoms with Crippen LogP contribution in [0.1, 0.15) is 12.5 Å². The number of hydrogen-bond donors (Lipinski definition) is 2. The molecule has 0 fully saturated rings. The molecule has 1 atom stereocenters. The first kappa shape index (κ1) is 18.6. The summed E-state index contributed by atoms with van der Waals surface area (Å²) in [5.41, 5.74) is 6.30. The zero-order valence-corrected chi connectivity index (χ0v) is 12.7. The first-order valence-electron chi connectivity index (χ1n) is 6.67. The van der Waals surface area contributed by atoms with Gasteiger partial charge in [0, 0.05) is 6.54 Å². The Morgan fingerprint density at radius 1 is 1.35 bits per heavy atom. The monoisotopic (exact) mass is 333 g/mol. The van der Waals surface area contributed by atoms with Gasteiger partial charge in [0.15, 0.2) is 5.96 Å². The number of hydrogen-bond acceptors (Lipinski definition) is 4. The number of aliphatic imine (C=N–C) groups is 1. The molecule has 0 heterocycles. The topological polar surface area (TPSA) is 85.9 Å². The van der Waals surface area contributed by atoms with Crippen LogP contribution in [0.2, 0.25) is 0 Å². The number of guanidine groups is 1. The first-order valence-corrected chi connectivity index (χ1v) is 6.67. The van der Waals surface area contributed by atoms with Crippen LogP contribution in [0.4, 0.5) is 13.2 Å². The maximum absolute atomic E-state index is 12.0. The highest BCUT2D eigenvalue weighted by molar-refractivity contribution is 5.79. The summed E-state index contributed by atoms with van der Waals surface area (Å²) in [6.07, 6.45) is -4.72. The number of ether oxygens (including phenoxy) is 2. The lowest BCUT2D eigenvalue weighted by Crippen LogP contribution is -2.37. The van der Waals surface area contributed by atoms with E-state index >= 15 is 0 Å². The van der Waals surface area contributed by atoms with Gasteiger partial charge >= 0.3 is 12.3 Å². The number of rotatable bonds is 6. The summed E-state index contributed by atoms with van der Waals surface area (Å²) in [7, 11) is 1.29. The zero-order valence-electron chi connectivity index (χ0n) is 12.7. The second-order valence-electron chi connectivity index (χ2n) is 4.70. The number of carbonyl (C=O) groups is 1. The van der Waals surface area contributed by atoms with Crippen LogP contribution in [-0.4, -0.2) is 31.9 Å². The molecule has 3 N–H and O–H groups in total. The fourth-order valence-corrected chi connectivity index (χ4v) is 1.57. The molecule has 1 aromatic rings. The van der Waals surface area contributed by atoms with Gasteiger partial charge in [-0.15, -0.1) is 13.2 Å². The van der Waals surface area contributed by atoms with E-state index in [1.165, 1.54) is 31.4 Å². The summed E-state index contributed by atoms with van der Waals surface area (Å²) in [5.74, 6) is -0.933. The van der Waals surface area contributed by atoms with E-state index in [1.54, 1.807) is 6.92 Å². The van der Waals surface area contributed by atoms with E-state index in [0.717, 1.165) is 0 Å². The van der Waals surface area contributed by atoms with Crippen molar-refractivity contribution < 1.29 is 27.4 Å². The Bertz CT molecular complexity index is 544. The molecule has 0 amide bonds. The lowest BCUT2D eigenvalue weighted by molar-refractivity contribution is -0.274. The van der Waals surface area contributed by atoms with Crippen molar-refractivity contribution in [3.63, 3.8) is 0 Å². The number of alkyl halides is 3. The van der Waals surface area contributed by atoms with Crippen LogP contribution in [0.15, 0.2) is 29.3 Å². The van der Waals surface area contributed by atoms with Gasteiger partial charge in [0.25, 0.3) is 0 Å². The molecule has 0 saturated heterocycles. The molecule has 128 valence electrons. The molecule has 23 heavy (non-hydrogen) atoms. The highest BCUT2D eigenvalue weighted by Gasteiger charge is 2.30. The fraction of sp³-hybridized carbons (Fsp3) is 0.429. The Labute approximate surface area is 131 Å². The van der Waals surface area contributed by atoms with Gasteiger partial charge in [0.1, 0.15) is 5.75 Å².